The molecule has 4 rings (SSSR count). The van der Waals surface area contributed by atoms with Gasteiger partial charge in [-0.15, -0.1) is 11.3 Å². The molecule has 140 valence electrons. The van der Waals surface area contributed by atoms with Crippen LogP contribution in [-0.2, 0) is 6.54 Å². The average molecular weight is 382 g/mol. The SMILES string of the molecule is Cc1ccc(C(=O)N2CCN(Cc3cc(=O)n4ccsc4n3)CC2)cc1C. The van der Waals surface area contributed by atoms with Crippen molar-refractivity contribution in [1.82, 2.24) is 19.2 Å². The molecule has 0 spiro atoms. The molecule has 1 aromatic carbocycles. The molecule has 1 fully saturated rings. The number of carbonyl (C=O) groups is 1. The molecule has 1 aliphatic rings. The first-order valence-corrected chi connectivity index (χ1v) is 9.94. The molecule has 6 nitrogen and oxygen atoms in total. The summed E-state index contributed by atoms with van der Waals surface area (Å²) >= 11 is 1.46. The Morgan fingerprint density at radius 1 is 1.11 bits per heavy atom. The molecule has 1 aliphatic heterocycles. The monoisotopic (exact) mass is 382 g/mol. The van der Waals surface area contributed by atoms with E-state index in [9.17, 15) is 9.59 Å². The Kier molecular flexibility index (Phi) is 4.80. The van der Waals surface area contributed by atoms with E-state index < -0.39 is 0 Å². The summed E-state index contributed by atoms with van der Waals surface area (Å²) in [6.45, 7) is 7.65. The van der Waals surface area contributed by atoms with Gasteiger partial charge in [0.15, 0.2) is 4.96 Å². The number of hydrogen-bond acceptors (Lipinski definition) is 5. The largest absolute Gasteiger partial charge is 0.336 e. The highest BCUT2D eigenvalue weighted by molar-refractivity contribution is 7.15. The number of piperazine rings is 1. The van der Waals surface area contributed by atoms with Crippen molar-refractivity contribution in [3.05, 3.63) is 68.6 Å². The van der Waals surface area contributed by atoms with Gasteiger partial charge in [0.05, 0.1) is 5.69 Å². The Hall–Kier alpha value is -2.51. The molecule has 7 heteroatoms. The van der Waals surface area contributed by atoms with Crippen LogP contribution in [0.15, 0.2) is 40.6 Å². The molecular weight excluding hydrogens is 360 g/mol. The Morgan fingerprint density at radius 2 is 1.89 bits per heavy atom. The first-order valence-electron chi connectivity index (χ1n) is 9.06. The predicted octanol–water partition coefficient (Wildman–Crippen LogP) is 2.33. The van der Waals surface area contributed by atoms with E-state index in [1.54, 1.807) is 16.7 Å². The second kappa shape index (κ2) is 7.25. The lowest BCUT2D eigenvalue weighted by molar-refractivity contribution is 0.0627. The molecule has 3 heterocycles. The van der Waals surface area contributed by atoms with Gasteiger partial charge in [-0.3, -0.25) is 18.9 Å². The number of aromatic nitrogens is 2. The fraction of sp³-hybridized carbons (Fsp3) is 0.350. The molecule has 1 saturated heterocycles. The molecule has 0 aliphatic carbocycles. The number of fused-ring (bicyclic) bond motifs is 1. The number of rotatable bonds is 3. The lowest BCUT2D eigenvalue weighted by Crippen LogP contribution is -2.48. The van der Waals surface area contributed by atoms with Gasteiger partial charge in [-0.05, 0) is 37.1 Å². The Bertz CT molecular complexity index is 1050. The highest BCUT2D eigenvalue weighted by Gasteiger charge is 2.23. The van der Waals surface area contributed by atoms with Crippen LogP contribution in [0.3, 0.4) is 0 Å². The van der Waals surface area contributed by atoms with Crippen molar-refractivity contribution in [3.8, 4) is 0 Å². The summed E-state index contributed by atoms with van der Waals surface area (Å²) in [4.78, 5) is 34.3. The van der Waals surface area contributed by atoms with Gasteiger partial charge in [-0.2, -0.15) is 0 Å². The summed E-state index contributed by atoms with van der Waals surface area (Å²) < 4.78 is 1.56. The van der Waals surface area contributed by atoms with Crippen molar-refractivity contribution >= 4 is 22.2 Å². The van der Waals surface area contributed by atoms with Gasteiger partial charge < -0.3 is 4.90 Å². The summed E-state index contributed by atoms with van der Waals surface area (Å²) in [5, 5.41) is 1.87. The molecule has 2 aromatic heterocycles. The summed E-state index contributed by atoms with van der Waals surface area (Å²) in [6.07, 6.45) is 1.75. The quantitative estimate of drug-likeness (QED) is 0.698. The lowest BCUT2D eigenvalue weighted by Gasteiger charge is -2.34. The van der Waals surface area contributed by atoms with Crippen molar-refractivity contribution in [2.75, 3.05) is 26.2 Å². The second-order valence-corrected chi connectivity index (χ2v) is 7.88. The fourth-order valence-electron chi connectivity index (χ4n) is 3.36. The van der Waals surface area contributed by atoms with E-state index in [-0.39, 0.29) is 11.5 Å². The van der Waals surface area contributed by atoms with Crippen molar-refractivity contribution in [1.29, 1.82) is 0 Å². The normalized spacial score (nSPS) is 15.4. The molecule has 0 atom stereocenters. The van der Waals surface area contributed by atoms with Crippen LogP contribution in [0, 0.1) is 13.8 Å². The van der Waals surface area contributed by atoms with Crippen LogP contribution >= 0.6 is 11.3 Å². The Morgan fingerprint density at radius 3 is 2.63 bits per heavy atom. The second-order valence-electron chi connectivity index (χ2n) is 7.01. The van der Waals surface area contributed by atoms with Gasteiger partial charge in [0, 0.05) is 55.9 Å². The van der Waals surface area contributed by atoms with Crippen LogP contribution in [0.4, 0.5) is 0 Å². The molecule has 0 radical (unpaired) electrons. The molecule has 27 heavy (non-hydrogen) atoms. The Labute approximate surface area is 161 Å². The maximum absolute atomic E-state index is 12.7. The maximum atomic E-state index is 12.7. The zero-order chi connectivity index (χ0) is 19.0. The van der Waals surface area contributed by atoms with E-state index in [2.05, 4.69) is 16.8 Å². The fourth-order valence-corrected chi connectivity index (χ4v) is 4.10. The lowest BCUT2D eigenvalue weighted by atomic mass is 10.1. The topological polar surface area (TPSA) is 57.9 Å². The number of nitrogens with zero attached hydrogens (tertiary/aromatic N) is 4. The van der Waals surface area contributed by atoms with E-state index in [4.69, 9.17) is 0 Å². The summed E-state index contributed by atoms with van der Waals surface area (Å²) in [5.41, 5.74) is 3.84. The van der Waals surface area contributed by atoms with Crippen LogP contribution in [0.5, 0.6) is 0 Å². The molecule has 0 saturated carbocycles. The highest BCUT2D eigenvalue weighted by atomic mass is 32.1. The molecule has 0 bridgehead atoms. The summed E-state index contributed by atoms with van der Waals surface area (Å²) in [5.74, 6) is 0.0918. The smallest absolute Gasteiger partial charge is 0.258 e. The number of amides is 1. The zero-order valence-corrected chi connectivity index (χ0v) is 16.3. The van der Waals surface area contributed by atoms with Gasteiger partial charge in [0.25, 0.3) is 11.5 Å². The van der Waals surface area contributed by atoms with Crippen LogP contribution in [0.2, 0.25) is 0 Å². The number of thiazole rings is 1. The summed E-state index contributed by atoms with van der Waals surface area (Å²) in [6, 6.07) is 7.48. The van der Waals surface area contributed by atoms with E-state index in [0.29, 0.717) is 19.6 Å². The van der Waals surface area contributed by atoms with Gasteiger partial charge in [-0.25, -0.2) is 4.98 Å². The van der Waals surface area contributed by atoms with E-state index in [0.717, 1.165) is 34.9 Å². The maximum Gasteiger partial charge on any atom is 0.258 e. The third-order valence-electron chi connectivity index (χ3n) is 5.16. The molecule has 0 N–H and O–H groups in total. The number of carbonyl (C=O) groups excluding carboxylic acids is 1. The van der Waals surface area contributed by atoms with Crippen molar-refractivity contribution in [3.63, 3.8) is 0 Å². The van der Waals surface area contributed by atoms with Crippen LogP contribution in [0.25, 0.3) is 4.96 Å². The number of aryl methyl sites for hydroxylation is 2. The minimum absolute atomic E-state index is 0.0418. The number of benzene rings is 1. The van der Waals surface area contributed by atoms with Crippen molar-refractivity contribution < 1.29 is 4.79 Å². The van der Waals surface area contributed by atoms with Gasteiger partial charge >= 0.3 is 0 Å². The van der Waals surface area contributed by atoms with Gasteiger partial charge in [0.1, 0.15) is 0 Å². The minimum atomic E-state index is -0.0418. The van der Waals surface area contributed by atoms with Crippen LogP contribution in [0.1, 0.15) is 27.2 Å². The van der Waals surface area contributed by atoms with Crippen LogP contribution in [-0.4, -0.2) is 51.3 Å². The standard InChI is InChI=1S/C20H22N4O2S/c1-14-3-4-16(11-15(14)2)19(26)23-7-5-22(6-8-23)13-17-12-18(25)24-9-10-27-20(24)21-17/h3-4,9-12H,5-8,13H2,1-2H3. The Balaban J connectivity index is 1.40. The molecular formula is C20H22N4O2S. The van der Waals surface area contributed by atoms with Crippen molar-refractivity contribution in [2.45, 2.75) is 20.4 Å². The third-order valence-corrected chi connectivity index (χ3v) is 5.91. The molecule has 1 amide bonds. The van der Waals surface area contributed by atoms with E-state index >= 15 is 0 Å². The predicted molar refractivity (Wildman–Crippen MR) is 106 cm³/mol. The first-order chi connectivity index (χ1) is 13.0. The minimum Gasteiger partial charge on any atom is -0.336 e. The highest BCUT2D eigenvalue weighted by Crippen LogP contribution is 2.15. The third kappa shape index (κ3) is 3.65. The van der Waals surface area contributed by atoms with Gasteiger partial charge in [-0.1, -0.05) is 6.07 Å². The summed E-state index contributed by atoms with van der Waals surface area (Å²) in [7, 11) is 0. The number of hydrogen-bond donors (Lipinski definition) is 0. The first kappa shape index (κ1) is 17.9. The van der Waals surface area contributed by atoms with E-state index in [1.807, 2.05) is 35.4 Å². The molecule has 0 unspecified atom stereocenters. The van der Waals surface area contributed by atoms with Gasteiger partial charge in [0.2, 0.25) is 0 Å². The average Bonchev–Trinajstić information content (AvgIpc) is 3.13. The van der Waals surface area contributed by atoms with Crippen molar-refractivity contribution in [2.24, 2.45) is 0 Å². The van der Waals surface area contributed by atoms with Crippen LogP contribution < -0.4 is 5.56 Å². The zero-order valence-electron chi connectivity index (χ0n) is 15.5. The van der Waals surface area contributed by atoms with E-state index in [1.165, 1.54) is 16.9 Å². The molecule has 3 aromatic rings.